The van der Waals surface area contributed by atoms with E-state index < -0.39 is 24.3 Å². The minimum absolute atomic E-state index is 0.00687. The Morgan fingerprint density at radius 2 is 1.97 bits per heavy atom. The van der Waals surface area contributed by atoms with E-state index in [0.29, 0.717) is 28.1 Å². The molecule has 0 spiro atoms. The molecule has 1 N–H and O–H groups in total. The van der Waals surface area contributed by atoms with Crippen LogP contribution in [0.4, 0.5) is 18.9 Å². The first kappa shape index (κ1) is 25.2. The Balaban J connectivity index is 1.32. The van der Waals surface area contributed by atoms with E-state index in [1.165, 1.54) is 30.0 Å². The third kappa shape index (κ3) is 6.41. The average molecular weight is 523 g/mol. The number of amides is 2. The molecule has 11 heteroatoms. The van der Waals surface area contributed by atoms with Gasteiger partial charge in [0.25, 0.3) is 11.8 Å². The Morgan fingerprint density at radius 3 is 2.66 bits per heavy atom. The van der Waals surface area contributed by atoms with Crippen molar-refractivity contribution in [2.24, 2.45) is 0 Å². The summed E-state index contributed by atoms with van der Waals surface area (Å²) in [5.41, 5.74) is -0.529. The lowest BCUT2D eigenvalue weighted by Gasteiger charge is -2.18. The van der Waals surface area contributed by atoms with Crippen molar-refractivity contribution in [3.63, 3.8) is 0 Å². The lowest BCUT2D eigenvalue weighted by molar-refractivity contribution is -0.137. The molecular weight excluding hydrogens is 501 g/mol. The zero-order chi connectivity index (χ0) is 25.0. The SMILES string of the molecule is O=C(COc1ccc(/C=C2\SC(=S)N(C[C@@H]3CCCO3)C2=O)cc1)Nc1ccccc1C(F)(F)F. The van der Waals surface area contributed by atoms with Gasteiger partial charge in [0.2, 0.25) is 0 Å². The lowest BCUT2D eigenvalue weighted by atomic mass is 10.1. The van der Waals surface area contributed by atoms with Crippen LogP contribution in [0.2, 0.25) is 0 Å². The molecule has 2 aromatic rings. The quantitative estimate of drug-likeness (QED) is 0.403. The van der Waals surface area contributed by atoms with Crippen LogP contribution in [0.5, 0.6) is 5.75 Å². The molecule has 0 saturated carbocycles. The highest BCUT2D eigenvalue weighted by Gasteiger charge is 2.35. The molecule has 0 aromatic heterocycles. The monoisotopic (exact) mass is 522 g/mol. The van der Waals surface area contributed by atoms with E-state index in [2.05, 4.69) is 5.32 Å². The molecule has 0 bridgehead atoms. The highest BCUT2D eigenvalue weighted by molar-refractivity contribution is 8.26. The number of halogens is 3. The van der Waals surface area contributed by atoms with Crippen LogP contribution in [0.3, 0.4) is 0 Å². The third-order valence-corrected chi connectivity index (χ3v) is 6.72. The van der Waals surface area contributed by atoms with Crippen molar-refractivity contribution in [2.75, 3.05) is 25.1 Å². The smallest absolute Gasteiger partial charge is 0.418 e. The second-order valence-corrected chi connectivity index (χ2v) is 9.55. The molecular formula is C24H21F3N2O4S2. The van der Waals surface area contributed by atoms with Crippen LogP contribution in [0.15, 0.2) is 53.4 Å². The number of thioether (sulfide) groups is 1. The van der Waals surface area contributed by atoms with Gasteiger partial charge in [-0.2, -0.15) is 13.2 Å². The molecule has 35 heavy (non-hydrogen) atoms. The highest BCUT2D eigenvalue weighted by Crippen LogP contribution is 2.35. The van der Waals surface area contributed by atoms with Crippen LogP contribution in [-0.2, 0) is 20.5 Å². The number of alkyl halides is 3. The van der Waals surface area contributed by atoms with Crippen LogP contribution in [0.1, 0.15) is 24.0 Å². The Hall–Kier alpha value is -2.89. The number of hydrogen-bond donors (Lipinski definition) is 1. The Labute approximate surface area is 209 Å². The summed E-state index contributed by atoms with van der Waals surface area (Å²) in [7, 11) is 0. The topological polar surface area (TPSA) is 67.9 Å². The Morgan fingerprint density at radius 1 is 1.23 bits per heavy atom. The maximum absolute atomic E-state index is 13.1. The predicted molar refractivity (Wildman–Crippen MR) is 131 cm³/mol. The van der Waals surface area contributed by atoms with Gasteiger partial charge in [-0.15, -0.1) is 0 Å². The van der Waals surface area contributed by atoms with Crippen molar-refractivity contribution in [1.29, 1.82) is 0 Å². The van der Waals surface area contributed by atoms with E-state index in [1.54, 1.807) is 35.2 Å². The maximum atomic E-state index is 13.1. The number of carbonyl (C=O) groups excluding carboxylic acids is 2. The zero-order valence-corrected chi connectivity index (χ0v) is 20.0. The molecule has 1 atom stereocenters. The van der Waals surface area contributed by atoms with Crippen molar-refractivity contribution in [2.45, 2.75) is 25.1 Å². The fourth-order valence-electron chi connectivity index (χ4n) is 3.64. The molecule has 2 saturated heterocycles. The van der Waals surface area contributed by atoms with E-state index in [9.17, 15) is 22.8 Å². The number of rotatable bonds is 7. The number of ether oxygens (including phenoxy) is 2. The molecule has 2 aliphatic heterocycles. The summed E-state index contributed by atoms with van der Waals surface area (Å²) in [5.74, 6) is -0.528. The molecule has 6 nitrogen and oxygen atoms in total. The number of benzene rings is 2. The second kappa shape index (κ2) is 10.8. The molecule has 2 aliphatic rings. The van der Waals surface area contributed by atoms with E-state index in [0.717, 1.165) is 24.5 Å². The maximum Gasteiger partial charge on any atom is 0.418 e. The van der Waals surface area contributed by atoms with E-state index >= 15 is 0 Å². The van der Waals surface area contributed by atoms with E-state index in [-0.39, 0.29) is 17.7 Å². The molecule has 184 valence electrons. The van der Waals surface area contributed by atoms with Gasteiger partial charge in [0.05, 0.1) is 28.8 Å². The van der Waals surface area contributed by atoms with Crippen molar-refractivity contribution < 1.29 is 32.2 Å². The number of nitrogens with one attached hydrogen (secondary N) is 1. The standard InChI is InChI=1S/C24H21F3N2O4S2/c25-24(26,27)18-5-1-2-6-19(18)28-21(30)14-33-16-9-7-15(8-10-16)12-20-22(31)29(23(34)35-20)13-17-4-3-11-32-17/h1-2,5-10,12,17H,3-4,11,13-14H2,(H,28,30)/b20-12-/t17-/m0/s1. The average Bonchev–Trinajstić information content (AvgIpc) is 3.42. The van der Waals surface area contributed by atoms with Crippen LogP contribution in [0, 0.1) is 0 Å². The number of nitrogens with zero attached hydrogens (tertiary/aromatic N) is 1. The summed E-state index contributed by atoms with van der Waals surface area (Å²) in [6.07, 6.45) is -0.970. The Bertz CT molecular complexity index is 1150. The highest BCUT2D eigenvalue weighted by atomic mass is 32.2. The van der Waals surface area contributed by atoms with Gasteiger partial charge in [0, 0.05) is 6.61 Å². The minimum Gasteiger partial charge on any atom is -0.484 e. The first-order valence-corrected chi connectivity index (χ1v) is 12.0. The number of anilines is 1. The second-order valence-electron chi connectivity index (χ2n) is 7.88. The van der Waals surface area contributed by atoms with Crippen molar-refractivity contribution in [3.8, 4) is 5.75 Å². The summed E-state index contributed by atoms with van der Waals surface area (Å²) >= 11 is 6.58. The van der Waals surface area contributed by atoms with Gasteiger partial charge in [-0.05, 0) is 48.7 Å². The lowest BCUT2D eigenvalue weighted by Crippen LogP contribution is -2.35. The summed E-state index contributed by atoms with van der Waals surface area (Å²) in [5, 5.41) is 2.23. The van der Waals surface area contributed by atoms with Crippen LogP contribution in [0.25, 0.3) is 6.08 Å². The molecule has 4 rings (SSSR count). The molecule has 2 fully saturated rings. The first-order chi connectivity index (χ1) is 16.7. The minimum atomic E-state index is -4.58. The summed E-state index contributed by atoms with van der Waals surface area (Å²) in [6, 6.07) is 11.4. The summed E-state index contributed by atoms with van der Waals surface area (Å²) < 4.78 is 50.7. The van der Waals surface area contributed by atoms with Gasteiger partial charge in [0.1, 0.15) is 10.1 Å². The summed E-state index contributed by atoms with van der Waals surface area (Å²) in [6.45, 7) is 0.684. The van der Waals surface area contributed by atoms with E-state index in [4.69, 9.17) is 21.7 Å². The molecule has 2 aromatic carbocycles. The molecule has 0 aliphatic carbocycles. The van der Waals surface area contributed by atoms with Gasteiger partial charge < -0.3 is 14.8 Å². The van der Waals surface area contributed by atoms with Gasteiger partial charge in [-0.1, -0.05) is 48.2 Å². The van der Waals surface area contributed by atoms with Gasteiger partial charge >= 0.3 is 6.18 Å². The number of carbonyl (C=O) groups is 2. The number of para-hydroxylation sites is 1. The van der Waals surface area contributed by atoms with Crippen molar-refractivity contribution in [3.05, 3.63) is 64.6 Å². The van der Waals surface area contributed by atoms with Crippen molar-refractivity contribution >= 4 is 51.9 Å². The predicted octanol–water partition coefficient (Wildman–Crippen LogP) is 5.10. The van der Waals surface area contributed by atoms with Crippen LogP contribution < -0.4 is 10.1 Å². The number of thiocarbonyl (C=S) groups is 1. The van der Waals surface area contributed by atoms with E-state index in [1.807, 2.05) is 0 Å². The fraction of sp³-hybridized carbons (Fsp3) is 0.292. The van der Waals surface area contributed by atoms with Crippen molar-refractivity contribution in [1.82, 2.24) is 4.90 Å². The van der Waals surface area contributed by atoms with Gasteiger partial charge in [-0.25, -0.2) is 0 Å². The fourth-order valence-corrected chi connectivity index (χ4v) is 4.91. The van der Waals surface area contributed by atoms with Crippen LogP contribution >= 0.6 is 24.0 Å². The van der Waals surface area contributed by atoms with Gasteiger partial charge in [-0.3, -0.25) is 14.5 Å². The molecule has 0 radical (unpaired) electrons. The third-order valence-electron chi connectivity index (χ3n) is 5.34. The molecule has 0 unspecified atom stereocenters. The zero-order valence-electron chi connectivity index (χ0n) is 18.3. The largest absolute Gasteiger partial charge is 0.484 e. The van der Waals surface area contributed by atoms with Gasteiger partial charge in [0.15, 0.2) is 6.61 Å². The molecule has 2 heterocycles. The number of hydrogen-bond acceptors (Lipinski definition) is 6. The Kier molecular flexibility index (Phi) is 7.78. The first-order valence-electron chi connectivity index (χ1n) is 10.8. The molecule has 2 amide bonds. The van der Waals surface area contributed by atoms with Crippen LogP contribution in [-0.4, -0.2) is 46.9 Å². The summed E-state index contributed by atoms with van der Waals surface area (Å²) in [4.78, 5) is 26.9. The normalized spacial score (nSPS) is 19.5.